The topological polar surface area (TPSA) is 79.9 Å². The summed E-state index contributed by atoms with van der Waals surface area (Å²) in [5, 5.41) is 14.6. The number of benzene rings is 1. The van der Waals surface area contributed by atoms with E-state index in [-0.39, 0.29) is 11.9 Å². The standard InChI is InChI=1S/C11H15N3O2/c12-11(14-15)7-13-9-5-6-16-10-4-2-1-3-8(9)10/h1-4,9,13,15H,5-7H2,(H2,12,14). The molecule has 2 rings (SSSR count). The Bertz CT molecular complexity index is 393. The van der Waals surface area contributed by atoms with Crippen molar-refractivity contribution in [2.24, 2.45) is 10.9 Å². The van der Waals surface area contributed by atoms with Crippen LogP contribution in [0.25, 0.3) is 0 Å². The molecule has 16 heavy (non-hydrogen) atoms. The molecule has 0 aromatic heterocycles. The van der Waals surface area contributed by atoms with Crippen LogP contribution in [0, 0.1) is 0 Å². The first-order valence-corrected chi connectivity index (χ1v) is 5.23. The molecule has 1 aromatic carbocycles. The quantitative estimate of drug-likeness (QED) is 0.306. The van der Waals surface area contributed by atoms with Crippen molar-refractivity contribution in [2.45, 2.75) is 12.5 Å². The Morgan fingerprint density at radius 1 is 1.56 bits per heavy atom. The lowest BCUT2D eigenvalue weighted by Crippen LogP contribution is -2.34. The molecule has 0 aliphatic carbocycles. The molecular formula is C11H15N3O2. The van der Waals surface area contributed by atoms with Crippen molar-refractivity contribution in [3.05, 3.63) is 29.8 Å². The van der Waals surface area contributed by atoms with E-state index in [9.17, 15) is 0 Å². The molecule has 1 unspecified atom stereocenters. The Morgan fingerprint density at radius 2 is 2.38 bits per heavy atom. The van der Waals surface area contributed by atoms with Crippen LogP contribution >= 0.6 is 0 Å². The molecule has 86 valence electrons. The van der Waals surface area contributed by atoms with E-state index in [4.69, 9.17) is 15.7 Å². The number of oxime groups is 1. The molecule has 0 fully saturated rings. The number of ether oxygens (including phenoxy) is 1. The van der Waals surface area contributed by atoms with E-state index >= 15 is 0 Å². The minimum absolute atomic E-state index is 0.184. The maximum atomic E-state index is 8.46. The van der Waals surface area contributed by atoms with Crippen molar-refractivity contribution in [2.75, 3.05) is 13.2 Å². The van der Waals surface area contributed by atoms with Crippen LogP contribution in [0.3, 0.4) is 0 Å². The van der Waals surface area contributed by atoms with Crippen LogP contribution in [-0.4, -0.2) is 24.2 Å². The summed E-state index contributed by atoms with van der Waals surface area (Å²) in [7, 11) is 0. The minimum atomic E-state index is 0.184. The lowest BCUT2D eigenvalue weighted by Gasteiger charge is -2.26. The van der Waals surface area contributed by atoms with Crippen molar-refractivity contribution in [3.8, 4) is 5.75 Å². The number of para-hydroxylation sites is 1. The predicted molar refractivity (Wildman–Crippen MR) is 60.7 cm³/mol. The van der Waals surface area contributed by atoms with Gasteiger partial charge in [-0.1, -0.05) is 23.4 Å². The van der Waals surface area contributed by atoms with Gasteiger partial charge in [0.15, 0.2) is 5.84 Å². The monoisotopic (exact) mass is 221 g/mol. The van der Waals surface area contributed by atoms with Crippen LogP contribution in [0.1, 0.15) is 18.0 Å². The summed E-state index contributed by atoms with van der Waals surface area (Å²) in [6.45, 7) is 1.06. The number of hydrogen-bond acceptors (Lipinski definition) is 4. The molecule has 0 saturated carbocycles. The van der Waals surface area contributed by atoms with E-state index in [0.717, 1.165) is 17.7 Å². The van der Waals surface area contributed by atoms with Crippen LogP contribution in [0.5, 0.6) is 5.75 Å². The molecule has 0 spiro atoms. The fourth-order valence-electron chi connectivity index (χ4n) is 1.82. The molecule has 5 nitrogen and oxygen atoms in total. The Labute approximate surface area is 93.9 Å². The number of fused-ring (bicyclic) bond motifs is 1. The Kier molecular flexibility index (Phi) is 3.26. The summed E-state index contributed by atoms with van der Waals surface area (Å²) >= 11 is 0. The molecule has 4 N–H and O–H groups in total. The average Bonchev–Trinajstić information content (AvgIpc) is 2.35. The van der Waals surface area contributed by atoms with E-state index in [1.165, 1.54) is 0 Å². The Balaban J connectivity index is 2.07. The largest absolute Gasteiger partial charge is 0.493 e. The van der Waals surface area contributed by atoms with E-state index in [0.29, 0.717) is 13.2 Å². The molecule has 1 aliphatic heterocycles. The van der Waals surface area contributed by atoms with Crippen molar-refractivity contribution < 1.29 is 9.94 Å². The number of nitrogens with one attached hydrogen (secondary N) is 1. The summed E-state index contributed by atoms with van der Waals surface area (Å²) in [6.07, 6.45) is 0.885. The van der Waals surface area contributed by atoms with Gasteiger partial charge < -0.3 is 21.0 Å². The highest BCUT2D eigenvalue weighted by Crippen LogP contribution is 2.31. The summed E-state index contributed by atoms with van der Waals surface area (Å²) in [6, 6.07) is 8.10. The summed E-state index contributed by atoms with van der Waals surface area (Å²) in [5.41, 5.74) is 6.54. The van der Waals surface area contributed by atoms with E-state index < -0.39 is 0 Å². The third-order valence-corrected chi connectivity index (χ3v) is 2.62. The molecule has 5 heteroatoms. The van der Waals surface area contributed by atoms with Gasteiger partial charge in [0.25, 0.3) is 0 Å². The molecular weight excluding hydrogens is 206 g/mol. The zero-order valence-corrected chi connectivity index (χ0v) is 8.89. The first-order chi connectivity index (χ1) is 7.81. The van der Waals surface area contributed by atoms with E-state index in [1.54, 1.807) is 0 Å². The first-order valence-electron chi connectivity index (χ1n) is 5.23. The first kappa shape index (κ1) is 10.8. The number of rotatable bonds is 3. The highest BCUT2D eigenvalue weighted by Gasteiger charge is 2.20. The third-order valence-electron chi connectivity index (χ3n) is 2.62. The smallest absolute Gasteiger partial charge is 0.153 e. The number of amidine groups is 1. The molecule has 1 aromatic rings. The van der Waals surface area contributed by atoms with Crippen LogP contribution in [-0.2, 0) is 0 Å². The summed E-state index contributed by atoms with van der Waals surface area (Å²) < 4.78 is 5.54. The lowest BCUT2D eigenvalue weighted by molar-refractivity contribution is 0.255. The zero-order chi connectivity index (χ0) is 11.4. The molecule has 0 radical (unpaired) electrons. The van der Waals surface area contributed by atoms with Gasteiger partial charge in [-0.2, -0.15) is 0 Å². The molecule has 0 saturated heterocycles. The molecule has 0 amide bonds. The minimum Gasteiger partial charge on any atom is -0.493 e. The van der Waals surface area contributed by atoms with E-state index in [1.807, 2.05) is 24.3 Å². The van der Waals surface area contributed by atoms with Crippen molar-refractivity contribution in [1.82, 2.24) is 5.32 Å². The summed E-state index contributed by atoms with van der Waals surface area (Å²) in [5.74, 6) is 1.09. The van der Waals surface area contributed by atoms with Gasteiger partial charge in [0.2, 0.25) is 0 Å². The van der Waals surface area contributed by atoms with E-state index in [2.05, 4.69) is 10.5 Å². The predicted octanol–water partition coefficient (Wildman–Crippen LogP) is 0.846. The average molecular weight is 221 g/mol. The van der Waals surface area contributed by atoms with Gasteiger partial charge in [-0.25, -0.2) is 0 Å². The second kappa shape index (κ2) is 4.85. The van der Waals surface area contributed by atoms with Crippen molar-refractivity contribution in [3.63, 3.8) is 0 Å². The van der Waals surface area contributed by atoms with Crippen molar-refractivity contribution in [1.29, 1.82) is 0 Å². The number of nitrogens with zero attached hydrogens (tertiary/aromatic N) is 1. The molecule has 1 heterocycles. The van der Waals surface area contributed by atoms with Crippen LogP contribution in [0.4, 0.5) is 0 Å². The van der Waals surface area contributed by atoms with Crippen LogP contribution in [0.2, 0.25) is 0 Å². The Hall–Kier alpha value is -1.75. The SMILES string of the molecule is NC(CNC1CCOc2ccccc21)=NO. The molecule has 1 atom stereocenters. The van der Waals surface area contributed by atoms with Gasteiger partial charge in [-0.3, -0.25) is 0 Å². The second-order valence-electron chi connectivity index (χ2n) is 3.70. The van der Waals surface area contributed by atoms with Gasteiger partial charge in [0.05, 0.1) is 13.2 Å². The maximum absolute atomic E-state index is 8.46. The fourth-order valence-corrected chi connectivity index (χ4v) is 1.82. The maximum Gasteiger partial charge on any atom is 0.153 e. The van der Waals surface area contributed by atoms with Crippen LogP contribution in [0.15, 0.2) is 29.4 Å². The Morgan fingerprint density at radius 3 is 3.19 bits per heavy atom. The number of nitrogens with two attached hydrogens (primary N) is 1. The number of hydrogen-bond donors (Lipinski definition) is 3. The lowest BCUT2D eigenvalue weighted by atomic mass is 10.0. The van der Waals surface area contributed by atoms with Gasteiger partial charge in [-0.15, -0.1) is 0 Å². The van der Waals surface area contributed by atoms with Crippen molar-refractivity contribution >= 4 is 5.84 Å². The normalized spacial score (nSPS) is 20.0. The van der Waals surface area contributed by atoms with Gasteiger partial charge >= 0.3 is 0 Å². The van der Waals surface area contributed by atoms with Gasteiger partial charge in [0.1, 0.15) is 5.75 Å². The van der Waals surface area contributed by atoms with Crippen LogP contribution < -0.4 is 15.8 Å². The third kappa shape index (κ3) is 2.25. The summed E-state index contributed by atoms with van der Waals surface area (Å²) in [4.78, 5) is 0. The molecule has 1 aliphatic rings. The zero-order valence-electron chi connectivity index (χ0n) is 8.89. The van der Waals surface area contributed by atoms with Gasteiger partial charge in [-0.05, 0) is 6.07 Å². The molecule has 0 bridgehead atoms. The highest BCUT2D eigenvalue weighted by atomic mass is 16.5. The van der Waals surface area contributed by atoms with Gasteiger partial charge in [0, 0.05) is 18.0 Å². The second-order valence-corrected chi connectivity index (χ2v) is 3.70. The highest BCUT2D eigenvalue weighted by molar-refractivity contribution is 5.81. The fraction of sp³-hybridized carbons (Fsp3) is 0.364.